The molecule has 2 heterocycles. The van der Waals surface area contributed by atoms with Crippen LogP contribution in [-0.2, 0) is 14.6 Å². The van der Waals surface area contributed by atoms with Gasteiger partial charge in [0.2, 0.25) is 5.88 Å². The lowest BCUT2D eigenvalue weighted by atomic mass is 10.0. The molecule has 0 radical (unpaired) electrons. The molecule has 1 fully saturated rings. The van der Waals surface area contributed by atoms with E-state index < -0.39 is 33.3 Å². The monoisotopic (exact) mass is 463 g/mol. The van der Waals surface area contributed by atoms with Gasteiger partial charge in [0.15, 0.2) is 9.84 Å². The van der Waals surface area contributed by atoms with Crippen molar-refractivity contribution in [1.29, 1.82) is 5.26 Å². The van der Waals surface area contributed by atoms with E-state index in [1.54, 1.807) is 0 Å². The number of halogens is 1. The molecule has 1 aliphatic heterocycles. The summed E-state index contributed by atoms with van der Waals surface area (Å²) >= 11 is 5.99. The van der Waals surface area contributed by atoms with E-state index in [-0.39, 0.29) is 45.9 Å². The molecule has 9 nitrogen and oxygen atoms in total. The lowest BCUT2D eigenvalue weighted by Gasteiger charge is -2.18. The summed E-state index contributed by atoms with van der Waals surface area (Å²) in [5.74, 6) is -1.59. The third-order valence-electron chi connectivity index (χ3n) is 5.06. The first-order valence-electron chi connectivity index (χ1n) is 9.10. The zero-order valence-corrected chi connectivity index (χ0v) is 18.2. The van der Waals surface area contributed by atoms with Crippen LogP contribution in [0.15, 0.2) is 28.0 Å². The molecule has 1 saturated heterocycles. The summed E-state index contributed by atoms with van der Waals surface area (Å²) in [4.78, 5) is 29.0. The maximum Gasteiger partial charge on any atom is 0.340 e. The third-order valence-corrected chi connectivity index (χ3v) is 7.05. The number of sulfone groups is 1. The first-order chi connectivity index (χ1) is 14.6. The van der Waals surface area contributed by atoms with E-state index in [4.69, 9.17) is 16.3 Å². The van der Waals surface area contributed by atoms with Crippen molar-refractivity contribution in [2.24, 2.45) is 4.99 Å². The number of pyridine rings is 1. The predicted molar refractivity (Wildman–Crippen MR) is 114 cm³/mol. The van der Waals surface area contributed by atoms with Gasteiger partial charge in [0.1, 0.15) is 11.6 Å². The van der Waals surface area contributed by atoms with E-state index in [9.17, 15) is 28.4 Å². The number of aromatic hydroxyl groups is 1. The van der Waals surface area contributed by atoms with E-state index in [0.29, 0.717) is 5.02 Å². The second-order valence-corrected chi connectivity index (χ2v) is 9.66. The summed E-state index contributed by atoms with van der Waals surface area (Å²) in [5, 5.41) is 20.6. The number of carbonyl (C=O) groups excluding carboxylic acids is 1. The molecule has 0 spiro atoms. The molecule has 1 aromatic carbocycles. The Bertz CT molecular complexity index is 1310. The van der Waals surface area contributed by atoms with Crippen LogP contribution in [0, 0.1) is 18.3 Å². The van der Waals surface area contributed by atoms with Gasteiger partial charge in [-0.15, -0.1) is 0 Å². The number of ether oxygens (including phenoxy) is 1. The van der Waals surface area contributed by atoms with Gasteiger partial charge in [-0.25, -0.2) is 13.2 Å². The molecule has 0 aliphatic carbocycles. The minimum atomic E-state index is -3.35. The van der Waals surface area contributed by atoms with Crippen LogP contribution in [0.25, 0.3) is 0 Å². The lowest BCUT2D eigenvalue weighted by Crippen LogP contribution is -2.29. The quantitative estimate of drug-likeness (QED) is 0.542. The average Bonchev–Trinajstić information content (AvgIpc) is 3.07. The van der Waals surface area contributed by atoms with Gasteiger partial charge in [0, 0.05) is 11.2 Å². The van der Waals surface area contributed by atoms with Crippen LogP contribution in [0.2, 0.25) is 5.02 Å². The Labute approximate surface area is 183 Å². The number of carbonyl (C=O) groups is 1. The highest BCUT2D eigenvalue weighted by atomic mass is 35.5. The molecule has 1 unspecified atom stereocenters. The summed E-state index contributed by atoms with van der Waals surface area (Å²) in [6.07, 6.45) is 1.34. The second kappa shape index (κ2) is 8.53. The first-order valence-corrected chi connectivity index (χ1v) is 11.3. The van der Waals surface area contributed by atoms with Crippen LogP contribution in [0.4, 0.5) is 5.69 Å². The number of methoxy groups -OCH3 is 1. The van der Waals surface area contributed by atoms with Crippen molar-refractivity contribution in [3.8, 4) is 11.9 Å². The summed E-state index contributed by atoms with van der Waals surface area (Å²) in [7, 11) is -2.14. The number of hydrogen-bond donors (Lipinski definition) is 1. The highest BCUT2D eigenvalue weighted by molar-refractivity contribution is 7.91. The maximum atomic E-state index is 12.8. The molecular formula is C20H18ClN3O6S. The Morgan fingerprint density at radius 2 is 2.16 bits per heavy atom. The van der Waals surface area contributed by atoms with Crippen LogP contribution in [0.1, 0.15) is 39.5 Å². The fraction of sp³-hybridized carbons (Fsp3) is 0.300. The number of nitrogens with zero attached hydrogens (tertiary/aromatic N) is 3. The van der Waals surface area contributed by atoms with Crippen LogP contribution in [-0.4, -0.2) is 48.9 Å². The van der Waals surface area contributed by atoms with Crippen molar-refractivity contribution < 1.29 is 23.1 Å². The van der Waals surface area contributed by atoms with Gasteiger partial charge >= 0.3 is 5.97 Å². The summed E-state index contributed by atoms with van der Waals surface area (Å²) in [5.41, 5.74) is -0.504. The summed E-state index contributed by atoms with van der Waals surface area (Å²) in [6.45, 7) is 1.47. The van der Waals surface area contributed by atoms with Crippen molar-refractivity contribution in [3.05, 3.63) is 55.8 Å². The highest BCUT2D eigenvalue weighted by Crippen LogP contribution is 2.30. The lowest BCUT2D eigenvalue weighted by molar-refractivity contribution is 0.0601. The Morgan fingerprint density at radius 3 is 2.74 bits per heavy atom. The van der Waals surface area contributed by atoms with Gasteiger partial charge < -0.3 is 9.84 Å². The first kappa shape index (κ1) is 22.5. The Balaban J connectivity index is 2.18. The average molecular weight is 464 g/mol. The van der Waals surface area contributed by atoms with Gasteiger partial charge in [-0.3, -0.25) is 14.4 Å². The van der Waals surface area contributed by atoms with E-state index in [0.717, 1.165) is 4.57 Å². The van der Waals surface area contributed by atoms with Crippen LogP contribution in [0.3, 0.4) is 0 Å². The minimum Gasteiger partial charge on any atom is -0.494 e. The predicted octanol–water partition coefficient (Wildman–Crippen LogP) is 2.28. The number of aliphatic imine (C=N–C) groups is 1. The topological polar surface area (TPSA) is 139 Å². The van der Waals surface area contributed by atoms with E-state index in [1.807, 2.05) is 6.07 Å². The van der Waals surface area contributed by atoms with E-state index in [2.05, 4.69) is 4.99 Å². The molecule has 2 aromatic rings. The van der Waals surface area contributed by atoms with Crippen molar-refractivity contribution in [2.75, 3.05) is 18.6 Å². The molecule has 0 amide bonds. The molecular weight excluding hydrogens is 446 g/mol. The van der Waals surface area contributed by atoms with Gasteiger partial charge in [0.05, 0.1) is 41.5 Å². The number of aromatic nitrogens is 1. The molecule has 0 saturated carbocycles. The molecule has 11 heteroatoms. The summed E-state index contributed by atoms with van der Waals surface area (Å²) in [6, 6.07) is 5.35. The molecule has 0 bridgehead atoms. The molecule has 1 aromatic heterocycles. The highest BCUT2D eigenvalue weighted by Gasteiger charge is 2.33. The Hall–Kier alpha value is -3.16. The normalized spacial score (nSPS) is 17.5. The van der Waals surface area contributed by atoms with E-state index >= 15 is 0 Å². The SMILES string of the molecule is COC(=O)c1ccc(Cl)cc1N=Cc1c(C)c(C#N)c(=O)n(C2CCS(=O)(=O)C2)c1O. The number of esters is 1. The third kappa shape index (κ3) is 4.33. The number of nitriles is 1. The van der Waals surface area contributed by atoms with Crippen LogP contribution >= 0.6 is 11.6 Å². The fourth-order valence-electron chi connectivity index (χ4n) is 3.44. The molecule has 3 rings (SSSR count). The smallest absolute Gasteiger partial charge is 0.340 e. The zero-order valence-electron chi connectivity index (χ0n) is 16.6. The second-order valence-electron chi connectivity index (χ2n) is 6.99. The molecule has 162 valence electrons. The van der Waals surface area contributed by atoms with Crippen molar-refractivity contribution in [1.82, 2.24) is 4.57 Å². The van der Waals surface area contributed by atoms with E-state index in [1.165, 1.54) is 38.4 Å². The Kier molecular flexibility index (Phi) is 6.20. The van der Waals surface area contributed by atoms with Crippen molar-refractivity contribution >= 4 is 39.3 Å². The number of benzene rings is 1. The van der Waals surface area contributed by atoms with Gasteiger partial charge in [-0.2, -0.15) is 5.26 Å². The van der Waals surface area contributed by atoms with Crippen molar-refractivity contribution in [2.45, 2.75) is 19.4 Å². The Morgan fingerprint density at radius 1 is 1.45 bits per heavy atom. The number of rotatable bonds is 4. The molecule has 1 atom stereocenters. The largest absolute Gasteiger partial charge is 0.494 e. The maximum absolute atomic E-state index is 12.8. The fourth-order valence-corrected chi connectivity index (χ4v) is 5.31. The zero-order chi connectivity index (χ0) is 22.9. The summed E-state index contributed by atoms with van der Waals surface area (Å²) < 4.78 is 29.4. The van der Waals surface area contributed by atoms with Crippen molar-refractivity contribution in [3.63, 3.8) is 0 Å². The molecule has 1 aliphatic rings. The minimum absolute atomic E-state index is 0.0521. The number of hydrogen-bond acceptors (Lipinski definition) is 8. The van der Waals surface area contributed by atoms with Crippen LogP contribution in [0.5, 0.6) is 5.88 Å². The molecule has 1 N–H and O–H groups in total. The van der Waals surface area contributed by atoms with Crippen LogP contribution < -0.4 is 5.56 Å². The van der Waals surface area contributed by atoms with Gasteiger partial charge in [-0.05, 0) is 37.1 Å². The van der Waals surface area contributed by atoms with Gasteiger partial charge in [0.25, 0.3) is 5.56 Å². The molecule has 31 heavy (non-hydrogen) atoms. The van der Waals surface area contributed by atoms with Gasteiger partial charge in [-0.1, -0.05) is 11.6 Å². The standard InChI is InChI=1S/C20H18ClN3O6S/c1-11-15(8-22)18(25)24(13-5-6-31(28,29)10-13)19(26)16(11)9-23-17-7-12(21)3-4-14(17)20(27)30-2/h3-4,7,9,13,26H,5-6,10H2,1-2H3.